The van der Waals surface area contributed by atoms with Gasteiger partial charge in [0.05, 0.1) is 0 Å². The molecule has 3 aromatic carbocycles. The van der Waals surface area contributed by atoms with Gasteiger partial charge in [-0.25, -0.2) is 0 Å². The van der Waals surface area contributed by atoms with E-state index in [4.69, 9.17) is 0 Å². The number of nitrogens with one attached hydrogen (secondary N) is 1. The molecule has 1 saturated heterocycles. The summed E-state index contributed by atoms with van der Waals surface area (Å²) in [6.45, 7) is 1.12. The van der Waals surface area contributed by atoms with Crippen LogP contribution in [0.3, 0.4) is 0 Å². The summed E-state index contributed by atoms with van der Waals surface area (Å²) in [5.41, 5.74) is 2.90. The number of anilines is 1. The van der Waals surface area contributed by atoms with Crippen LogP contribution in [0.5, 0.6) is 0 Å². The van der Waals surface area contributed by atoms with Gasteiger partial charge in [0.25, 0.3) is 0 Å². The molecular weight excluding hydrogens is 318 g/mol. The highest BCUT2D eigenvalue weighted by molar-refractivity contribution is 7.03. The van der Waals surface area contributed by atoms with E-state index in [1.54, 1.807) is 15.9 Å². The van der Waals surface area contributed by atoms with Crippen molar-refractivity contribution in [1.29, 1.82) is 0 Å². The third kappa shape index (κ3) is 2.36. The fraction of sp³-hybridized carbons (Fsp3) is 0.217. The molecule has 1 N–H and O–H groups in total. The molecule has 2 aliphatic heterocycles. The van der Waals surface area contributed by atoms with E-state index in [1.807, 2.05) is 0 Å². The van der Waals surface area contributed by atoms with Crippen molar-refractivity contribution in [2.45, 2.75) is 18.0 Å². The molecule has 1 nitrogen and oxygen atoms in total. The minimum absolute atomic E-state index is 0.699. The molecule has 2 heterocycles. The Kier molecular flexibility index (Phi) is 3.53. The maximum atomic E-state index is 3.70. The summed E-state index contributed by atoms with van der Waals surface area (Å²) >= 11 is 0. The third-order valence-corrected chi connectivity index (χ3v) is 11.6. The number of hydrogen-bond acceptors (Lipinski definition) is 1. The van der Waals surface area contributed by atoms with E-state index in [2.05, 4.69) is 90.2 Å². The third-order valence-electron chi connectivity index (χ3n) is 6.32. The predicted octanol–water partition coefficient (Wildman–Crippen LogP) is 4.09. The van der Waals surface area contributed by atoms with E-state index >= 15 is 0 Å². The van der Waals surface area contributed by atoms with E-state index in [1.165, 1.54) is 17.8 Å². The molecule has 0 aromatic heterocycles. The molecule has 0 aliphatic carbocycles. The van der Waals surface area contributed by atoms with Crippen molar-refractivity contribution in [3.8, 4) is 0 Å². The number of hydrogen-bond donors (Lipinski definition) is 1. The van der Waals surface area contributed by atoms with Crippen molar-refractivity contribution >= 4 is 24.1 Å². The van der Waals surface area contributed by atoms with E-state index in [0.717, 1.165) is 12.5 Å². The lowest BCUT2D eigenvalue weighted by Crippen LogP contribution is -2.56. The number of fused-ring (bicyclic) bond motifs is 3. The van der Waals surface area contributed by atoms with Gasteiger partial charge in [-0.3, -0.25) is 0 Å². The molecule has 2 atom stereocenters. The zero-order valence-corrected chi connectivity index (χ0v) is 15.4. The molecule has 0 spiro atoms. The van der Waals surface area contributed by atoms with Crippen molar-refractivity contribution in [3.05, 3.63) is 90.5 Å². The summed E-state index contributed by atoms with van der Waals surface area (Å²) in [6, 6.07) is 34.4. The van der Waals surface area contributed by atoms with Crippen LogP contribution in [0.1, 0.15) is 11.5 Å². The van der Waals surface area contributed by atoms with Crippen LogP contribution in [0.25, 0.3) is 0 Å². The van der Waals surface area contributed by atoms with Crippen LogP contribution in [-0.2, 0) is 0 Å². The Bertz CT molecular complexity index is 835. The molecule has 3 aromatic rings. The van der Waals surface area contributed by atoms with Gasteiger partial charge in [0, 0.05) is 12.2 Å². The molecule has 0 unspecified atom stereocenters. The number of benzene rings is 3. The summed E-state index contributed by atoms with van der Waals surface area (Å²) in [6.07, 6.45) is 0. The van der Waals surface area contributed by atoms with Gasteiger partial charge in [-0.05, 0) is 35.6 Å². The molecule has 0 bridgehead atoms. The maximum absolute atomic E-state index is 3.70. The number of rotatable bonds is 2. The molecular formula is C23H23NSi. The van der Waals surface area contributed by atoms with Crippen molar-refractivity contribution in [2.24, 2.45) is 5.92 Å². The smallest absolute Gasteiger partial charge is 0.119 e. The highest BCUT2D eigenvalue weighted by atomic mass is 28.3. The summed E-state index contributed by atoms with van der Waals surface area (Å²) in [7, 11) is -1.72. The molecule has 2 aliphatic rings. The highest BCUT2D eigenvalue weighted by Gasteiger charge is 2.50. The Morgan fingerprint density at radius 2 is 1.28 bits per heavy atom. The second-order valence-corrected chi connectivity index (χ2v) is 11.7. The van der Waals surface area contributed by atoms with Crippen LogP contribution in [0, 0.1) is 5.92 Å². The average Bonchev–Trinajstić information content (AvgIpc) is 3.11. The van der Waals surface area contributed by atoms with Crippen molar-refractivity contribution < 1.29 is 0 Å². The molecule has 1 fully saturated rings. The molecule has 2 heteroatoms. The van der Waals surface area contributed by atoms with Gasteiger partial charge < -0.3 is 5.32 Å². The summed E-state index contributed by atoms with van der Waals surface area (Å²) in [5.74, 6) is 1.45. The van der Waals surface area contributed by atoms with Gasteiger partial charge in [0.15, 0.2) is 0 Å². The highest BCUT2D eigenvalue weighted by Crippen LogP contribution is 2.49. The maximum Gasteiger partial charge on any atom is 0.119 e. The lowest BCUT2D eigenvalue weighted by Gasteiger charge is -2.29. The fourth-order valence-corrected chi connectivity index (χ4v) is 10.9. The second kappa shape index (κ2) is 5.89. The molecule has 25 heavy (non-hydrogen) atoms. The summed E-state index contributed by atoms with van der Waals surface area (Å²) < 4.78 is 0. The molecule has 0 saturated carbocycles. The van der Waals surface area contributed by atoms with Crippen LogP contribution >= 0.6 is 0 Å². The Morgan fingerprint density at radius 1 is 0.680 bits per heavy atom. The van der Waals surface area contributed by atoms with Gasteiger partial charge in [-0.15, -0.1) is 0 Å². The van der Waals surface area contributed by atoms with Crippen molar-refractivity contribution in [2.75, 3.05) is 11.9 Å². The Labute approximate surface area is 150 Å². The largest absolute Gasteiger partial charge is 0.385 e. The second-order valence-electron chi connectivity index (χ2n) is 7.56. The Balaban J connectivity index is 1.65. The molecule has 5 rings (SSSR count). The monoisotopic (exact) mass is 341 g/mol. The SMILES string of the molecule is c1ccc([Si]2(c3ccccc3)C[C@@H]3CNc4ccccc4[C@@H]3C2)cc1. The minimum Gasteiger partial charge on any atom is -0.385 e. The van der Waals surface area contributed by atoms with E-state index in [9.17, 15) is 0 Å². The van der Waals surface area contributed by atoms with E-state index in [-0.39, 0.29) is 0 Å². The van der Waals surface area contributed by atoms with Gasteiger partial charge in [-0.2, -0.15) is 0 Å². The zero-order chi connectivity index (χ0) is 16.7. The predicted molar refractivity (Wildman–Crippen MR) is 109 cm³/mol. The first-order chi connectivity index (χ1) is 12.4. The summed E-state index contributed by atoms with van der Waals surface area (Å²) in [5, 5.41) is 6.91. The van der Waals surface area contributed by atoms with E-state index < -0.39 is 8.07 Å². The van der Waals surface area contributed by atoms with Crippen molar-refractivity contribution in [1.82, 2.24) is 0 Å². The molecule has 0 amide bonds. The topological polar surface area (TPSA) is 12.0 Å². The number of para-hydroxylation sites is 1. The van der Waals surface area contributed by atoms with Crippen molar-refractivity contribution in [3.63, 3.8) is 0 Å². The lowest BCUT2D eigenvalue weighted by atomic mass is 9.85. The molecule has 124 valence electrons. The van der Waals surface area contributed by atoms with Crippen LogP contribution < -0.4 is 15.7 Å². The Morgan fingerprint density at radius 3 is 1.96 bits per heavy atom. The van der Waals surface area contributed by atoms with Crippen LogP contribution in [-0.4, -0.2) is 14.6 Å². The molecule has 0 radical (unpaired) electrons. The van der Waals surface area contributed by atoms with Gasteiger partial charge in [0.2, 0.25) is 0 Å². The van der Waals surface area contributed by atoms with Crippen LogP contribution in [0.15, 0.2) is 84.9 Å². The summed E-state index contributed by atoms with van der Waals surface area (Å²) in [4.78, 5) is 0. The lowest BCUT2D eigenvalue weighted by molar-refractivity contribution is 0.524. The zero-order valence-electron chi connectivity index (χ0n) is 14.4. The average molecular weight is 342 g/mol. The first kappa shape index (κ1) is 15.0. The van der Waals surface area contributed by atoms with Gasteiger partial charge in [-0.1, -0.05) is 89.2 Å². The fourth-order valence-electron chi connectivity index (χ4n) is 5.17. The van der Waals surface area contributed by atoms with E-state index in [0.29, 0.717) is 5.92 Å². The quantitative estimate of drug-likeness (QED) is 0.692. The standard InChI is InChI=1S/C23H23NSi/c1-3-9-19(10-4-1)25(20-11-5-2-6-12-20)16-18-15-24-23-14-8-7-13-21(23)22(18)17-25/h1-14,18,22,24H,15-17H2/t18-,22+/m0/s1. The minimum atomic E-state index is -1.72. The first-order valence-electron chi connectivity index (χ1n) is 9.31. The van der Waals surface area contributed by atoms with Gasteiger partial charge >= 0.3 is 0 Å². The van der Waals surface area contributed by atoms with Crippen LogP contribution in [0.4, 0.5) is 5.69 Å². The van der Waals surface area contributed by atoms with Crippen LogP contribution in [0.2, 0.25) is 12.1 Å². The normalized spacial score (nSPS) is 23.4. The first-order valence-corrected chi connectivity index (χ1v) is 11.7. The Hall–Kier alpha value is -2.32. The van der Waals surface area contributed by atoms with Gasteiger partial charge in [0.1, 0.15) is 8.07 Å².